The van der Waals surface area contributed by atoms with Gasteiger partial charge < -0.3 is 20.1 Å². The Kier molecular flexibility index (Phi) is 8.14. The molecule has 0 aliphatic rings. The molecule has 0 aromatic rings. The topological polar surface area (TPSA) is 42.5 Å². The Balaban J connectivity index is 3.56. The van der Waals surface area contributed by atoms with Gasteiger partial charge >= 0.3 is 0 Å². The molecule has 4 nitrogen and oxygen atoms in total. The first-order valence-corrected chi connectivity index (χ1v) is 5.31. The summed E-state index contributed by atoms with van der Waals surface area (Å²) >= 11 is 0. The van der Waals surface area contributed by atoms with Gasteiger partial charge in [-0.15, -0.1) is 0 Å². The van der Waals surface area contributed by atoms with Crippen molar-refractivity contribution in [2.24, 2.45) is 0 Å². The van der Waals surface area contributed by atoms with E-state index in [0.717, 1.165) is 19.6 Å². The van der Waals surface area contributed by atoms with Gasteiger partial charge in [-0.25, -0.2) is 0 Å². The highest BCUT2D eigenvalue weighted by Crippen LogP contribution is 1.99. The second-order valence-corrected chi connectivity index (χ2v) is 3.76. The molecule has 15 heavy (non-hydrogen) atoms. The highest BCUT2D eigenvalue weighted by Gasteiger charge is 2.08. The van der Waals surface area contributed by atoms with E-state index >= 15 is 0 Å². The zero-order chi connectivity index (χ0) is 11.7. The molecule has 0 rings (SSSR count). The normalized spacial score (nSPS) is 14.4. The van der Waals surface area contributed by atoms with E-state index in [0.29, 0.717) is 18.0 Å². The van der Waals surface area contributed by atoms with E-state index in [4.69, 9.17) is 9.47 Å². The van der Waals surface area contributed by atoms with Crippen LogP contribution in [-0.4, -0.2) is 39.5 Å². The third kappa shape index (κ3) is 8.27. The van der Waals surface area contributed by atoms with Crippen LogP contribution in [0.25, 0.3) is 0 Å². The van der Waals surface area contributed by atoms with Crippen LogP contribution in [0.15, 0.2) is 12.5 Å². The third-order valence-corrected chi connectivity index (χ3v) is 2.16. The summed E-state index contributed by atoms with van der Waals surface area (Å²) in [4.78, 5) is 0. The van der Waals surface area contributed by atoms with Crippen molar-refractivity contribution in [3.63, 3.8) is 0 Å². The van der Waals surface area contributed by atoms with Crippen molar-refractivity contribution in [3.05, 3.63) is 12.5 Å². The van der Waals surface area contributed by atoms with E-state index in [-0.39, 0.29) is 0 Å². The Morgan fingerprint density at radius 3 is 2.47 bits per heavy atom. The summed E-state index contributed by atoms with van der Waals surface area (Å²) < 4.78 is 9.92. The van der Waals surface area contributed by atoms with Crippen molar-refractivity contribution in [1.82, 2.24) is 10.6 Å². The number of ether oxygens (including phenoxy) is 2. The maximum atomic E-state index is 4.97. The van der Waals surface area contributed by atoms with Gasteiger partial charge in [0.15, 0.2) is 5.88 Å². The first-order valence-electron chi connectivity index (χ1n) is 5.31. The van der Waals surface area contributed by atoms with E-state index < -0.39 is 0 Å². The number of hydrogen-bond acceptors (Lipinski definition) is 4. The zero-order valence-electron chi connectivity index (χ0n) is 10.3. The molecule has 0 bridgehead atoms. The monoisotopic (exact) mass is 216 g/mol. The standard InChI is InChI=1S/C11H24N2O2/c1-9(12-6-7-14-4)8-10(2)13-11(3)15-5/h9-10,12-13H,3,6-8H2,1-2,4-5H3. The molecule has 0 aliphatic carbocycles. The fourth-order valence-electron chi connectivity index (χ4n) is 1.41. The molecule has 2 atom stereocenters. The molecule has 2 N–H and O–H groups in total. The summed E-state index contributed by atoms with van der Waals surface area (Å²) in [5.41, 5.74) is 0. The maximum Gasteiger partial charge on any atom is 0.179 e. The second-order valence-electron chi connectivity index (χ2n) is 3.76. The van der Waals surface area contributed by atoms with Crippen molar-refractivity contribution >= 4 is 0 Å². The van der Waals surface area contributed by atoms with Crippen LogP contribution in [0.5, 0.6) is 0 Å². The van der Waals surface area contributed by atoms with Crippen molar-refractivity contribution < 1.29 is 9.47 Å². The third-order valence-electron chi connectivity index (χ3n) is 2.16. The van der Waals surface area contributed by atoms with Gasteiger partial charge in [-0.05, 0) is 26.8 Å². The highest BCUT2D eigenvalue weighted by atomic mass is 16.5. The lowest BCUT2D eigenvalue weighted by atomic mass is 10.1. The lowest BCUT2D eigenvalue weighted by Gasteiger charge is -2.20. The molecule has 0 aliphatic heterocycles. The van der Waals surface area contributed by atoms with Crippen LogP contribution in [0.4, 0.5) is 0 Å². The summed E-state index contributed by atoms with van der Waals surface area (Å²) in [6.45, 7) is 9.62. The van der Waals surface area contributed by atoms with Crippen LogP contribution in [0, 0.1) is 0 Å². The molecular weight excluding hydrogens is 192 g/mol. The summed E-state index contributed by atoms with van der Waals surface area (Å²) in [7, 11) is 3.32. The van der Waals surface area contributed by atoms with Crippen molar-refractivity contribution in [2.45, 2.75) is 32.4 Å². The Morgan fingerprint density at radius 1 is 1.27 bits per heavy atom. The first-order chi connectivity index (χ1) is 7.10. The van der Waals surface area contributed by atoms with E-state index in [1.165, 1.54) is 0 Å². The molecule has 0 saturated carbocycles. The minimum Gasteiger partial charge on any atom is -0.483 e. The highest BCUT2D eigenvalue weighted by molar-refractivity contribution is 4.83. The molecule has 4 heteroatoms. The van der Waals surface area contributed by atoms with Gasteiger partial charge in [-0.3, -0.25) is 0 Å². The van der Waals surface area contributed by atoms with E-state index in [2.05, 4.69) is 31.1 Å². The SMILES string of the molecule is C=C(NC(C)CC(C)NCCOC)OC. The first kappa shape index (κ1) is 14.3. The van der Waals surface area contributed by atoms with Crippen LogP contribution >= 0.6 is 0 Å². The molecule has 90 valence electrons. The largest absolute Gasteiger partial charge is 0.483 e. The average molecular weight is 216 g/mol. The minimum absolute atomic E-state index is 0.350. The molecule has 0 amide bonds. The predicted molar refractivity (Wildman–Crippen MR) is 62.7 cm³/mol. The van der Waals surface area contributed by atoms with Crippen LogP contribution in [0.3, 0.4) is 0 Å². The fourth-order valence-corrected chi connectivity index (χ4v) is 1.41. The number of nitrogens with one attached hydrogen (secondary N) is 2. The Morgan fingerprint density at radius 2 is 1.93 bits per heavy atom. The van der Waals surface area contributed by atoms with Gasteiger partial charge in [0.25, 0.3) is 0 Å². The van der Waals surface area contributed by atoms with E-state index in [1.54, 1.807) is 14.2 Å². The molecule has 0 radical (unpaired) electrons. The molecule has 0 saturated heterocycles. The van der Waals surface area contributed by atoms with Crippen molar-refractivity contribution in [3.8, 4) is 0 Å². The number of methoxy groups -OCH3 is 2. The maximum absolute atomic E-state index is 4.97. The molecule has 0 aromatic carbocycles. The molecule has 2 unspecified atom stereocenters. The van der Waals surface area contributed by atoms with Crippen LogP contribution < -0.4 is 10.6 Å². The molecule has 0 fully saturated rings. The zero-order valence-corrected chi connectivity index (χ0v) is 10.3. The van der Waals surface area contributed by atoms with Gasteiger partial charge in [-0.1, -0.05) is 0 Å². The Labute approximate surface area is 93.0 Å². The smallest absolute Gasteiger partial charge is 0.179 e. The van der Waals surface area contributed by atoms with E-state index in [9.17, 15) is 0 Å². The van der Waals surface area contributed by atoms with Crippen LogP contribution in [-0.2, 0) is 9.47 Å². The van der Waals surface area contributed by atoms with Gasteiger partial charge in [0.1, 0.15) is 0 Å². The summed E-state index contributed by atoms with van der Waals surface area (Å²) in [6.07, 6.45) is 1.02. The lowest BCUT2D eigenvalue weighted by Crippen LogP contribution is -2.36. The van der Waals surface area contributed by atoms with Crippen LogP contribution in [0.2, 0.25) is 0 Å². The van der Waals surface area contributed by atoms with Crippen LogP contribution in [0.1, 0.15) is 20.3 Å². The number of rotatable bonds is 9. The van der Waals surface area contributed by atoms with Gasteiger partial charge in [-0.2, -0.15) is 0 Å². The number of hydrogen-bond donors (Lipinski definition) is 2. The lowest BCUT2D eigenvalue weighted by molar-refractivity contribution is 0.194. The Bertz CT molecular complexity index is 174. The summed E-state index contributed by atoms with van der Waals surface area (Å²) in [5.74, 6) is 0.617. The second kappa shape index (κ2) is 8.56. The predicted octanol–water partition coefficient (Wildman–Crippen LogP) is 1.10. The Hall–Kier alpha value is -0.740. The molecule has 0 spiro atoms. The van der Waals surface area contributed by atoms with Gasteiger partial charge in [0.05, 0.1) is 13.7 Å². The van der Waals surface area contributed by atoms with E-state index in [1.807, 2.05) is 0 Å². The summed E-state index contributed by atoms with van der Waals surface area (Å²) in [5, 5.41) is 6.53. The van der Waals surface area contributed by atoms with Crippen molar-refractivity contribution in [2.75, 3.05) is 27.4 Å². The van der Waals surface area contributed by atoms with Crippen molar-refractivity contribution in [1.29, 1.82) is 0 Å². The van der Waals surface area contributed by atoms with Gasteiger partial charge in [0.2, 0.25) is 0 Å². The average Bonchev–Trinajstić information content (AvgIpc) is 2.17. The summed E-state index contributed by atoms with van der Waals surface area (Å²) in [6, 6.07) is 0.801. The fraction of sp³-hybridized carbons (Fsp3) is 0.818. The molecular formula is C11H24N2O2. The minimum atomic E-state index is 0.350. The molecule has 0 aromatic heterocycles. The molecule has 0 heterocycles. The van der Waals surface area contributed by atoms with Gasteiger partial charge in [0, 0.05) is 25.7 Å². The quantitative estimate of drug-likeness (QED) is 0.447.